The van der Waals surface area contributed by atoms with E-state index >= 15 is 0 Å². The van der Waals surface area contributed by atoms with E-state index in [2.05, 4.69) is 59.2 Å². The molecule has 0 bridgehead atoms. The highest BCUT2D eigenvalue weighted by molar-refractivity contribution is 5.54. The van der Waals surface area contributed by atoms with Crippen LogP contribution in [0.2, 0.25) is 0 Å². The Labute approximate surface area is 174 Å². The van der Waals surface area contributed by atoms with Gasteiger partial charge in [-0.1, -0.05) is 13.5 Å². The van der Waals surface area contributed by atoms with E-state index in [0.717, 1.165) is 38.5 Å². The number of hydrogen-bond donors (Lipinski definition) is 3. The van der Waals surface area contributed by atoms with Crippen LogP contribution in [0.15, 0.2) is 18.5 Å². The number of allylic oxidation sites excluding steroid dienone is 1. The summed E-state index contributed by atoms with van der Waals surface area (Å²) in [6, 6.07) is 2.63. The van der Waals surface area contributed by atoms with Crippen molar-refractivity contribution in [2.45, 2.75) is 70.1 Å². The minimum Gasteiger partial charge on any atom is -0.393 e. The molecule has 2 fully saturated rings. The molecule has 0 unspecified atom stereocenters. The molecule has 0 amide bonds. The number of hydrogen-bond acceptors (Lipinski definition) is 7. The summed E-state index contributed by atoms with van der Waals surface area (Å²) in [4.78, 5) is 11.1. The Morgan fingerprint density at radius 1 is 1.17 bits per heavy atom. The van der Waals surface area contributed by atoms with Gasteiger partial charge in [-0.3, -0.25) is 0 Å². The second kappa shape index (κ2) is 9.45. The minimum absolute atomic E-state index is 0.128. The summed E-state index contributed by atoms with van der Waals surface area (Å²) in [5.41, 5.74) is 1.64. The van der Waals surface area contributed by atoms with Crippen molar-refractivity contribution in [3.05, 3.63) is 24.0 Å². The molecule has 3 rings (SSSR count). The third-order valence-corrected chi connectivity index (χ3v) is 6.51. The van der Waals surface area contributed by atoms with Gasteiger partial charge in [-0.25, -0.2) is 4.98 Å². The highest BCUT2D eigenvalue weighted by Gasteiger charge is 2.27. The molecule has 2 aliphatic rings. The molecule has 0 aliphatic heterocycles. The third kappa shape index (κ3) is 5.39. The van der Waals surface area contributed by atoms with E-state index in [9.17, 15) is 10.4 Å². The molecule has 29 heavy (non-hydrogen) atoms. The number of aromatic nitrogens is 2. The summed E-state index contributed by atoms with van der Waals surface area (Å²) in [5.74, 6) is 1.99. The number of anilines is 2. The summed E-state index contributed by atoms with van der Waals surface area (Å²) in [5, 5.41) is 26.4. The molecule has 1 aromatic heterocycles. The molecule has 1 aromatic rings. The van der Waals surface area contributed by atoms with Crippen LogP contribution in [0.3, 0.4) is 0 Å². The zero-order valence-corrected chi connectivity index (χ0v) is 17.9. The van der Waals surface area contributed by atoms with Crippen LogP contribution < -0.4 is 10.6 Å². The molecule has 0 saturated heterocycles. The van der Waals surface area contributed by atoms with Crippen molar-refractivity contribution in [3.63, 3.8) is 0 Å². The van der Waals surface area contributed by atoms with Gasteiger partial charge in [0, 0.05) is 31.9 Å². The second-order valence-corrected chi connectivity index (χ2v) is 8.85. The quantitative estimate of drug-likeness (QED) is 0.676. The van der Waals surface area contributed by atoms with Gasteiger partial charge in [-0.05, 0) is 56.8 Å². The third-order valence-electron chi connectivity index (χ3n) is 6.51. The number of nitriles is 1. The first kappa shape index (κ1) is 21.4. The second-order valence-electron chi connectivity index (χ2n) is 8.85. The van der Waals surface area contributed by atoms with E-state index in [1.54, 1.807) is 6.20 Å². The van der Waals surface area contributed by atoms with Crippen LogP contribution in [0.25, 0.3) is 0 Å². The van der Waals surface area contributed by atoms with Crippen LogP contribution >= 0.6 is 0 Å². The molecular formula is C22H34N6O. The lowest BCUT2D eigenvalue weighted by atomic mass is 9.84. The summed E-state index contributed by atoms with van der Waals surface area (Å²) < 4.78 is 0. The maximum Gasteiger partial charge on any atom is 0.224 e. The largest absolute Gasteiger partial charge is 0.393 e. The predicted octanol–water partition coefficient (Wildman–Crippen LogP) is 3.36. The first-order valence-electron chi connectivity index (χ1n) is 10.7. The van der Waals surface area contributed by atoms with Crippen LogP contribution in [0.5, 0.6) is 0 Å². The first-order chi connectivity index (χ1) is 13.9. The lowest BCUT2D eigenvalue weighted by molar-refractivity contribution is 0.0739. The lowest BCUT2D eigenvalue weighted by Crippen LogP contribution is -2.35. The van der Waals surface area contributed by atoms with E-state index in [-0.39, 0.29) is 12.1 Å². The zero-order valence-electron chi connectivity index (χ0n) is 17.9. The standard InChI is InChI=1S/C22H34N6O/c1-14-5-8-19(11-20(14)29)25-21-17(12-23)13-24-22(27-21)26-18-9-6-16(7-10-18)15(2)28(3)4/h13-14,16,18-20,29H,2,5-11H2,1,3-4H3,(H2,24,25,26,27)/t14-,16?,18?,19-,20-/m1/s1. The van der Waals surface area contributed by atoms with Crippen LogP contribution in [-0.4, -0.2) is 52.3 Å². The maximum atomic E-state index is 10.2. The zero-order chi connectivity index (χ0) is 21.0. The number of nitrogens with zero attached hydrogens (tertiary/aromatic N) is 4. The van der Waals surface area contributed by atoms with Crippen molar-refractivity contribution >= 4 is 11.8 Å². The van der Waals surface area contributed by atoms with Gasteiger partial charge in [0.25, 0.3) is 0 Å². The van der Waals surface area contributed by atoms with Crippen molar-refractivity contribution in [2.75, 3.05) is 24.7 Å². The fraction of sp³-hybridized carbons (Fsp3) is 0.682. The van der Waals surface area contributed by atoms with Gasteiger partial charge in [0.1, 0.15) is 17.5 Å². The molecule has 0 spiro atoms. The van der Waals surface area contributed by atoms with Gasteiger partial charge in [0.2, 0.25) is 5.95 Å². The van der Waals surface area contributed by atoms with Crippen molar-refractivity contribution in [2.24, 2.45) is 11.8 Å². The average molecular weight is 399 g/mol. The highest BCUT2D eigenvalue weighted by Crippen LogP contribution is 2.31. The van der Waals surface area contributed by atoms with Crippen LogP contribution in [0, 0.1) is 23.2 Å². The fourth-order valence-corrected chi connectivity index (χ4v) is 4.38. The number of aliphatic hydroxyl groups excluding tert-OH is 1. The van der Waals surface area contributed by atoms with E-state index in [4.69, 9.17) is 0 Å². The van der Waals surface area contributed by atoms with Crippen molar-refractivity contribution < 1.29 is 5.11 Å². The first-order valence-corrected chi connectivity index (χ1v) is 10.7. The summed E-state index contributed by atoms with van der Waals surface area (Å²) >= 11 is 0. The van der Waals surface area contributed by atoms with Gasteiger partial charge in [0.15, 0.2) is 0 Å². The van der Waals surface area contributed by atoms with E-state index < -0.39 is 0 Å². The molecule has 2 aliphatic carbocycles. The van der Waals surface area contributed by atoms with Crippen LogP contribution in [0.4, 0.5) is 11.8 Å². The summed E-state index contributed by atoms with van der Waals surface area (Å²) in [6.07, 6.45) is 8.21. The van der Waals surface area contributed by atoms with Gasteiger partial charge < -0.3 is 20.6 Å². The van der Waals surface area contributed by atoms with Crippen molar-refractivity contribution in [1.82, 2.24) is 14.9 Å². The van der Waals surface area contributed by atoms with Crippen molar-refractivity contribution in [1.29, 1.82) is 5.26 Å². The molecule has 2 saturated carbocycles. The van der Waals surface area contributed by atoms with E-state index in [0.29, 0.717) is 41.6 Å². The molecule has 0 aromatic carbocycles. The molecule has 158 valence electrons. The lowest BCUT2D eigenvalue weighted by Gasteiger charge is -2.33. The summed E-state index contributed by atoms with van der Waals surface area (Å²) in [7, 11) is 4.11. The Balaban J connectivity index is 1.61. The molecule has 3 N–H and O–H groups in total. The normalized spacial score (nSPS) is 29.6. The molecule has 0 radical (unpaired) electrons. The Kier molecular flexibility index (Phi) is 6.96. The van der Waals surface area contributed by atoms with Crippen LogP contribution in [-0.2, 0) is 0 Å². The van der Waals surface area contributed by atoms with Gasteiger partial charge in [-0.15, -0.1) is 0 Å². The predicted molar refractivity (Wildman–Crippen MR) is 115 cm³/mol. The maximum absolute atomic E-state index is 10.2. The number of nitrogens with one attached hydrogen (secondary N) is 2. The molecule has 3 atom stereocenters. The topological polar surface area (TPSA) is 97.1 Å². The van der Waals surface area contributed by atoms with Crippen molar-refractivity contribution in [3.8, 4) is 6.07 Å². The fourth-order valence-electron chi connectivity index (χ4n) is 4.38. The average Bonchev–Trinajstić information content (AvgIpc) is 2.71. The Hall–Kier alpha value is -2.33. The smallest absolute Gasteiger partial charge is 0.224 e. The van der Waals surface area contributed by atoms with Gasteiger partial charge in [0.05, 0.1) is 12.3 Å². The van der Waals surface area contributed by atoms with Gasteiger partial charge >= 0.3 is 0 Å². The van der Waals surface area contributed by atoms with E-state index in [1.165, 1.54) is 5.70 Å². The SMILES string of the molecule is C=C(C1CCC(Nc2ncc(C#N)c(N[C@@H]3CC[C@@H](C)[C@H](O)C3)n2)CC1)N(C)C. The van der Waals surface area contributed by atoms with Crippen LogP contribution in [0.1, 0.15) is 57.4 Å². The van der Waals surface area contributed by atoms with Gasteiger partial charge in [-0.2, -0.15) is 10.2 Å². The minimum atomic E-state index is -0.307. The Morgan fingerprint density at radius 3 is 2.48 bits per heavy atom. The number of rotatable bonds is 6. The monoisotopic (exact) mass is 398 g/mol. The number of aliphatic hydroxyl groups is 1. The highest BCUT2D eigenvalue weighted by atomic mass is 16.3. The summed E-state index contributed by atoms with van der Waals surface area (Å²) in [6.45, 7) is 6.29. The Morgan fingerprint density at radius 2 is 1.86 bits per heavy atom. The Bertz CT molecular complexity index is 750. The molecular weight excluding hydrogens is 364 g/mol. The molecule has 7 heteroatoms. The molecule has 7 nitrogen and oxygen atoms in total. The van der Waals surface area contributed by atoms with E-state index in [1.807, 2.05) is 0 Å². The molecule has 1 heterocycles.